The fraction of sp³-hybridized carbons (Fsp3) is 0.421. The molecule has 1 aromatic carbocycles. The zero-order valence-corrected chi connectivity index (χ0v) is 17.1. The van der Waals surface area contributed by atoms with Crippen LogP contribution in [-0.4, -0.2) is 37.7 Å². The first-order valence-corrected chi connectivity index (χ1v) is 9.87. The Morgan fingerprint density at radius 3 is 2.31 bits per heavy atom. The van der Waals surface area contributed by atoms with Gasteiger partial charge in [0.2, 0.25) is 17.6 Å². The van der Waals surface area contributed by atoms with E-state index in [2.05, 4.69) is 19.9 Å². The summed E-state index contributed by atoms with van der Waals surface area (Å²) in [6.45, 7) is 1.50. The summed E-state index contributed by atoms with van der Waals surface area (Å²) >= 11 is 6.08. The zero-order chi connectivity index (χ0) is 23.4. The molecule has 3 heterocycles. The Labute approximate surface area is 182 Å². The maximum atomic E-state index is 13.2. The van der Waals surface area contributed by atoms with Crippen molar-refractivity contribution in [2.75, 3.05) is 11.4 Å². The van der Waals surface area contributed by atoms with E-state index < -0.39 is 42.1 Å². The van der Waals surface area contributed by atoms with Crippen molar-refractivity contribution < 1.29 is 31.4 Å². The lowest BCUT2D eigenvalue weighted by Gasteiger charge is -2.36. The van der Waals surface area contributed by atoms with E-state index in [1.54, 1.807) is 18.2 Å². The van der Waals surface area contributed by atoms with Gasteiger partial charge >= 0.3 is 12.4 Å². The molecule has 4 rings (SSSR count). The van der Waals surface area contributed by atoms with Crippen LogP contribution < -0.4 is 4.90 Å². The predicted molar refractivity (Wildman–Crippen MR) is 103 cm³/mol. The number of benzene rings is 1. The molecule has 0 amide bonds. The third kappa shape index (κ3) is 4.20. The number of aliphatic hydroxyl groups excluding tert-OH is 1. The van der Waals surface area contributed by atoms with Gasteiger partial charge in [0.05, 0.1) is 12.1 Å². The molecule has 0 fully saturated rings. The number of alkyl halides is 6. The van der Waals surface area contributed by atoms with Gasteiger partial charge < -0.3 is 15.0 Å². The molecule has 172 valence electrons. The van der Waals surface area contributed by atoms with Crippen molar-refractivity contribution in [1.82, 2.24) is 19.9 Å². The molecule has 2 N–H and O–H groups in total. The molecule has 6 nitrogen and oxygen atoms in total. The molecule has 13 heteroatoms. The standard InChI is InChI=1S/C19H16ClF6N5O/c1-8(32)6-13-14-10(11-7-9(20)2-3-12(11)27-14)4-5-31(13)17-29-15(18(21,22)23)28-16(30-17)19(24,25)26/h2-3,7-8,13,27,32H,4-6H2,1H3/t8-,13-/m0/s1. The van der Waals surface area contributed by atoms with Crippen LogP contribution >= 0.6 is 11.6 Å². The van der Waals surface area contributed by atoms with Crippen LogP contribution in [0.15, 0.2) is 18.2 Å². The largest absolute Gasteiger partial charge is 0.451 e. The van der Waals surface area contributed by atoms with Crippen molar-refractivity contribution in [3.8, 4) is 0 Å². The minimum Gasteiger partial charge on any atom is -0.393 e. The van der Waals surface area contributed by atoms with Gasteiger partial charge in [-0.15, -0.1) is 0 Å². The number of hydrogen-bond donors (Lipinski definition) is 2. The Morgan fingerprint density at radius 2 is 1.75 bits per heavy atom. The minimum atomic E-state index is -5.20. The summed E-state index contributed by atoms with van der Waals surface area (Å²) < 4.78 is 79.4. The molecular weight excluding hydrogens is 464 g/mol. The summed E-state index contributed by atoms with van der Waals surface area (Å²) in [5.41, 5.74) is 2.09. The van der Waals surface area contributed by atoms with E-state index in [0.717, 1.165) is 10.9 Å². The second kappa shape index (κ2) is 7.77. The molecule has 0 bridgehead atoms. The number of nitrogens with one attached hydrogen (secondary N) is 1. The summed E-state index contributed by atoms with van der Waals surface area (Å²) in [7, 11) is 0. The highest BCUT2D eigenvalue weighted by Crippen LogP contribution is 2.40. The molecule has 0 spiro atoms. The molecular formula is C19H16ClF6N5O. The monoisotopic (exact) mass is 479 g/mol. The number of halogens is 7. The number of rotatable bonds is 3. The summed E-state index contributed by atoms with van der Waals surface area (Å²) in [6.07, 6.45) is -11.0. The first-order valence-electron chi connectivity index (χ1n) is 9.49. The molecule has 0 unspecified atom stereocenters. The van der Waals surface area contributed by atoms with Crippen LogP contribution in [-0.2, 0) is 18.8 Å². The zero-order valence-electron chi connectivity index (χ0n) is 16.4. The van der Waals surface area contributed by atoms with Crippen LogP contribution in [0.4, 0.5) is 32.3 Å². The van der Waals surface area contributed by atoms with Crippen molar-refractivity contribution in [3.05, 3.63) is 46.1 Å². The molecule has 1 aliphatic heterocycles. The van der Waals surface area contributed by atoms with E-state index >= 15 is 0 Å². The van der Waals surface area contributed by atoms with Crippen LogP contribution in [0.25, 0.3) is 10.9 Å². The SMILES string of the molecule is C[C@H](O)C[C@H]1c2[nH]c3ccc(Cl)cc3c2CCN1c1nc(C(F)(F)F)nc(C(F)(F)F)n1. The maximum absolute atomic E-state index is 13.2. The van der Waals surface area contributed by atoms with E-state index in [1.165, 1.54) is 11.8 Å². The maximum Gasteiger partial charge on any atom is 0.451 e. The molecule has 0 radical (unpaired) electrons. The number of anilines is 1. The van der Waals surface area contributed by atoms with Crippen LogP contribution in [0, 0.1) is 0 Å². The lowest BCUT2D eigenvalue weighted by molar-refractivity contribution is -0.155. The highest BCUT2D eigenvalue weighted by atomic mass is 35.5. The number of aromatic amines is 1. The second-order valence-corrected chi connectivity index (χ2v) is 7.97. The van der Waals surface area contributed by atoms with Gasteiger partial charge in [-0.3, -0.25) is 0 Å². The van der Waals surface area contributed by atoms with E-state index in [4.69, 9.17) is 11.6 Å². The number of nitrogens with zero attached hydrogens (tertiary/aromatic N) is 4. The Bertz CT molecular complexity index is 1130. The Hall–Kier alpha value is -2.60. The smallest absolute Gasteiger partial charge is 0.393 e. The lowest BCUT2D eigenvalue weighted by atomic mass is 9.94. The Balaban J connectivity index is 1.87. The third-order valence-electron chi connectivity index (χ3n) is 5.17. The fourth-order valence-electron chi connectivity index (χ4n) is 3.89. The first kappa shape index (κ1) is 22.6. The highest BCUT2D eigenvalue weighted by molar-refractivity contribution is 6.31. The fourth-order valence-corrected chi connectivity index (χ4v) is 4.06. The van der Waals surface area contributed by atoms with Crippen molar-refractivity contribution in [1.29, 1.82) is 0 Å². The predicted octanol–water partition coefficient (Wildman–Crippen LogP) is 4.92. The summed E-state index contributed by atoms with van der Waals surface area (Å²) in [5, 5.41) is 11.3. The molecule has 2 atom stereocenters. The van der Waals surface area contributed by atoms with E-state index in [9.17, 15) is 31.4 Å². The Kier molecular flexibility index (Phi) is 5.48. The summed E-state index contributed by atoms with van der Waals surface area (Å²) in [6, 6.07) is 4.32. The molecule has 32 heavy (non-hydrogen) atoms. The van der Waals surface area contributed by atoms with Crippen molar-refractivity contribution in [2.45, 2.75) is 44.3 Å². The van der Waals surface area contributed by atoms with Gasteiger partial charge in [0.25, 0.3) is 0 Å². The van der Waals surface area contributed by atoms with Gasteiger partial charge in [0.15, 0.2) is 0 Å². The number of hydrogen-bond acceptors (Lipinski definition) is 5. The normalized spacial score (nSPS) is 18.2. The van der Waals surface area contributed by atoms with E-state index in [1.807, 2.05) is 0 Å². The molecule has 0 aliphatic carbocycles. The number of aliphatic hydroxyl groups is 1. The quantitative estimate of drug-likeness (QED) is 0.521. The van der Waals surface area contributed by atoms with Gasteiger partial charge in [-0.1, -0.05) is 11.6 Å². The van der Waals surface area contributed by atoms with Crippen molar-refractivity contribution in [3.63, 3.8) is 0 Å². The molecule has 0 saturated carbocycles. The highest BCUT2D eigenvalue weighted by Gasteiger charge is 2.43. The minimum absolute atomic E-state index is 0.0158. The van der Waals surface area contributed by atoms with E-state index in [-0.39, 0.29) is 13.0 Å². The molecule has 3 aromatic rings. The van der Waals surface area contributed by atoms with Crippen LogP contribution in [0.5, 0.6) is 0 Å². The number of fused-ring (bicyclic) bond motifs is 3. The summed E-state index contributed by atoms with van der Waals surface area (Å²) in [4.78, 5) is 13.6. The van der Waals surface area contributed by atoms with Gasteiger partial charge in [-0.05, 0) is 43.5 Å². The van der Waals surface area contributed by atoms with Crippen molar-refractivity contribution in [2.24, 2.45) is 0 Å². The van der Waals surface area contributed by atoms with Crippen molar-refractivity contribution >= 4 is 28.5 Å². The second-order valence-electron chi connectivity index (χ2n) is 7.53. The van der Waals surface area contributed by atoms with E-state index in [0.29, 0.717) is 22.7 Å². The average molecular weight is 480 g/mol. The molecule has 0 saturated heterocycles. The first-order chi connectivity index (χ1) is 14.8. The van der Waals surface area contributed by atoms with Gasteiger partial charge in [-0.25, -0.2) is 4.98 Å². The number of H-pyrrole nitrogens is 1. The summed E-state index contributed by atoms with van der Waals surface area (Å²) in [5.74, 6) is -4.62. The van der Waals surface area contributed by atoms with Crippen LogP contribution in [0.2, 0.25) is 5.02 Å². The molecule has 2 aromatic heterocycles. The lowest BCUT2D eigenvalue weighted by Crippen LogP contribution is -2.39. The van der Waals surface area contributed by atoms with Crippen LogP contribution in [0.3, 0.4) is 0 Å². The van der Waals surface area contributed by atoms with Gasteiger partial charge in [0, 0.05) is 28.2 Å². The topological polar surface area (TPSA) is 77.9 Å². The average Bonchev–Trinajstić information content (AvgIpc) is 3.04. The Morgan fingerprint density at radius 1 is 1.12 bits per heavy atom. The number of aromatic nitrogens is 4. The molecule has 1 aliphatic rings. The van der Waals surface area contributed by atoms with Crippen LogP contribution in [0.1, 0.15) is 42.3 Å². The van der Waals surface area contributed by atoms with Gasteiger partial charge in [0.1, 0.15) is 0 Å². The van der Waals surface area contributed by atoms with Gasteiger partial charge in [-0.2, -0.15) is 36.3 Å². The third-order valence-corrected chi connectivity index (χ3v) is 5.40.